The summed E-state index contributed by atoms with van der Waals surface area (Å²) in [7, 11) is 0. The van der Waals surface area contributed by atoms with E-state index in [9.17, 15) is 10.1 Å². The average Bonchev–Trinajstić information content (AvgIpc) is 2.26. The summed E-state index contributed by atoms with van der Waals surface area (Å²) in [5.41, 5.74) is 0.838. The molecule has 3 heteroatoms. The molecule has 2 aromatic carbocycles. The Morgan fingerprint density at radius 1 is 1.07 bits per heavy atom. The highest BCUT2D eigenvalue weighted by molar-refractivity contribution is 5.84. The van der Waals surface area contributed by atoms with E-state index < -0.39 is 4.92 Å². The molecule has 0 saturated heterocycles. The predicted octanol–water partition coefficient (Wildman–Crippen LogP) is 3.09. The standard InChI is InChI=1S/C12H9NO2/c14-13(15)8-7-10-5-6-11-3-1-2-4-12(11)9-10/h1-9H/b8-7-. The van der Waals surface area contributed by atoms with E-state index in [4.69, 9.17) is 0 Å². The molecule has 0 aliphatic rings. The largest absolute Gasteiger partial charge is 0.259 e. The number of fused-ring (bicyclic) bond motifs is 1. The number of hydrogen-bond acceptors (Lipinski definition) is 2. The summed E-state index contributed by atoms with van der Waals surface area (Å²) >= 11 is 0. The lowest BCUT2D eigenvalue weighted by molar-refractivity contribution is -0.400. The van der Waals surface area contributed by atoms with Crippen molar-refractivity contribution >= 4 is 16.8 Å². The fourth-order valence-corrected chi connectivity index (χ4v) is 1.46. The minimum absolute atomic E-state index is 0.463. The highest BCUT2D eigenvalue weighted by Crippen LogP contribution is 2.16. The summed E-state index contributed by atoms with van der Waals surface area (Å²) in [6.07, 6.45) is 2.44. The molecule has 0 aliphatic heterocycles. The number of nitrogens with zero attached hydrogens (tertiary/aromatic N) is 1. The van der Waals surface area contributed by atoms with Gasteiger partial charge in [0.2, 0.25) is 6.20 Å². The van der Waals surface area contributed by atoms with Crippen molar-refractivity contribution in [2.45, 2.75) is 0 Å². The molecule has 15 heavy (non-hydrogen) atoms. The quantitative estimate of drug-likeness (QED) is 0.551. The minimum atomic E-state index is -0.463. The molecule has 2 rings (SSSR count). The van der Waals surface area contributed by atoms with Crippen molar-refractivity contribution in [3.8, 4) is 0 Å². The van der Waals surface area contributed by atoms with Crippen LogP contribution in [0.25, 0.3) is 16.8 Å². The molecular formula is C12H9NO2. The van der Waals surface area contributed by atoms with Crippen LogP contribution in [0, 0.1) is 10.1 Å². The van der Waals surface area contributed by atoms with E-state index in [2.05, 4.69) is 0 Å². The number of nitro groups is 1. The highest BCUT2D eigenvalue weighted by atomic mass is 16.6. The molecule has 0 aromatic heterocycles. The zero-order valence-electron chi connectivity index (χ0n) is 7.96. The third-order valence-corrected chi connectivity index (χ3v) is 2.16. The van der Waals surface area contributed by atoms with Crippen LogP contribution in [0.15, 0.2) is 48.7 Å². The normalized spacial score (nSPS) is 10.9. The molecular weight excluding hydrogens is 190 g/mol. The third kappa shape index (κ3) is 2.20. The second-order valence-corrected chi connectivity index (χ2v) is 3.21. The molecule has 0 bridgehead atoms. The molecule has 0 fully saturated rings. The van der Waals surface area contributed by atoms with Gasteiger partial charge in [0, 0.05) is 6.08 Å². The van der Waals surface area contributed by atoms with Crippen molar-refractivity contribution in [3.05, 3.63) is 64.3 Å². The van der Waals surface area contributed by atoms with Gasteiger partial charge in [-0.2, -0.15) is 0 Å². The van der Waals surface area contributed by atoms with Crippen molar-refractivity contribution in [3.63, 3.8) is 0 Å². The van der Waals surface area contributed by atoms with Crippen LogP contribution in [0.2, 0.25) is 0 Å². The first kappa shape index (κ1) is 9.40. The maximum absolute atomic E-state index is 10.2. The lowest BCUT2D eigenvalue weighted by Crippen LogP contribution is -1.82. The van der Waals surface area contributed by atoms with Crippen LogP contribution in [-0.2, 0) is 0 Å². The van der Waals surface area contributed by atoms with Gasteiger partial charge >= 0.3 is 0 Å². The number of benzene rings is 2. The van der Waals surface area contributed by atoms with E-state index in [1.807, 2.05) is 42.5 Å². The SMILES string of the molecule is O=[N+]([O-])/C=C\c1ccc2ccccc2c1. The van der Waals surface area contributed by atoms with Crippen molar-refractivity contribution in [2.75, 3.05) is 0 Å². The van der Waals surface area contributed by atoms with E-state index in [0.717, 1.165) is 22.5 Å². The van der Waals surface area contributed by atoms with Gasteiger partial charge < -0.3 is 0 Å². The highest BCUT2D eigenvalue weighted by Gasteiger charge is 1.94. The fraction of sp³-hybridized carbons (Fsp3) is 0. The zero-order valence-corrected chi connectivity index (χ0v) is 7.96. The van der Waals surface area contributed by atoms with Gasteiger partial charge in [-0.3, -0.25) is 10.1 Å². The van der Waals surface area contributed by atoms with Gasteiger partial charge in [0.1, 0.15) is 0 Å². The molecule has 0 radical (unpaired) electrons. The lowest BCUT2D eigenvalue weighted by Gasteiger charge is -1.97. The maximum atomic E-state index is 10.2. The minimum Gasteiger partial charge on any atom is -0.259 e. The average molecular weight is 199 g/mol. The maximum Gasteiger partial charge on any atom is 0.235 e. The third-order valence-electron chi connectivity index (χ3n) is 2.16. The summed E-state index contributed by atoms with van der Waals surface area (Å²) in [6.45, 7) is 0. The summed E-state index contributed by atoms with van der Waals surface area (Å²) in [5.74, 6) is 0. The van der Waals surface area contributed by atoms with Gasteiger partial charge in [0.05, 0.1) is 4.92 Å². The van der Waals surface area contributed by atoms with Gasteiger partial charge in [-0.1, -0.05) is 36.4 Å². The Balaban J connectivity index is 2.43. The van der Waals surface area contributed by atoms with Crippen LogP contribution in [-0.4, -0.2) is 4.92 Å². The monoisotopic (exact) mass is 199 g/mol. The molecule has 3 nitrogen and oxygen atoms in total. The van der Waals surface area contributed by atoms with Crippen LogP contribution in [0.4, 0.5) is 0 Å². The molecule has 0 aliphatic carbocycles. The molecule has 0 saturated carbocycles. The van der Waals surface area contributed by atoms with Crippen molar-refractivity contribution in [2.24, 2.45) is 0 Å². The fourth-order valence-electron chi connectivity index (χ4n) is 1.46. The molecule has 2 aromatic rings. The Kier molecular flexibility index (Phi) is 2.46. The molecule has 0 N–H and O–H groups in total. The topological polar surface area (TPSA) is 43.1 Å². The molecule has 0 atom stereocenters. The first-order valence-corrected chi connectivity index (χ1v) is 4.56. The van der Waals surface area contributed by atoms with E-state index in [-0.39, 0.29) is 0 Å². The van der Waals surface area contributed by atoms with Gasteiger partial charge in [-0.05, 0) is 22.4 Å². The van der Waals surface area contributed by atoms with Crippen molar-refractivity contribution in [1.82, 2.24) is 0 Å². The van der Waals surface area contributed by atoms with Gasteiger partial charge in [-0.15, -0.1) is 0 Å². The zero-order chi connectivity index (χ0) is 10.7. The van der Waals surface area contributed by atoms with E-state index in [1.165, 1.54) is 6.08 Å². The molecule has 74 valence electrons. The van der Waals surface area contributed by atoms with Crippen LogP contribution in [0.3, 0.4) is 0 Å². The van der Waals surface area contributed by atoms with Gasteiger partial charge in [-0.25, -0.2) is 0 Å². The second-order valence-electron chi connectivity index (χ2n) is 3.21. The van der Waals surface area contributed by atoms with Crippen LogP contribution in [0.1, 0.15) is 5.56 Å². The van der Waals surface area contributed by atoms with Crippen LogP contribution < -0.4 is 0 Å². The Morgan fingerprint density at radius 3 is 2.53 bits per heavy atom. The van der Waals surface area contributed by atoms with Crippen LogP contribution in [0.5, 0.6) is 0 Å². The first-order chi connectivity index (χ1) is 7.25. The number of rotatable bonds is 2. The molecule has 0 unspecified atom stereocenters. The summed E-state index contributed by atoms with van der Waals surface area (Å²) < 4.78 is 0. The van der Waals surface area contributed by atoms with Crippen molar-refractivity contribution < 1.29 is 4.92 Å². The van der Waals surface area contributed by atoms with E-state index in [1.54, 1.807) is 0 Å². The Labute approximate surface area is 86.8 Å². The molecule has 0 spiro atoms. The summed E-state index contributed by atoms with van der Waals surface area (Å²) in [6, 6.07) is 13.7. The Bertz CT molecular complexity index is 532. The van der Waals surface area contributed by atoms with Crippen LogP contribution >= 0.6 is 0 Å². The Morgan fingerprint density at radius 2 is 1.80 bits per heavy atom. The summed E-state index contributed by atoms with van der Waals surface area (Å²) in [4.78, 5) is 9.69. The predicted molar refractivity (Wildman–Crippen MR) is 60.0 cm³/mol. The number of hydrogen-bond donors (Lipinski definition) is 0. The smallest absolute Gasteiger partial charge is 0.235 e. The van der Waals surface area contributed by atoms with Gasteiger partial charge in [0.15, 0.2) is 0 Å². The summed E-state index contributed by atoms with van der Waals surface area (Å²) in [5, 5.41) is 12.4. The molecule has 0 amide bonds. The van der Waals surface area contributed by atoms with E-state index >= 15 is 0 Å². The van der Waals surface area contributed by atoms with E-state index in [0.29, 0.717) is 0 Å². The first-order valence-electron chi connectivity index (χ1n) is 4.56. The second kappa shape index (κ2) is 3.92. The lowest BCUT2D eigenvalue weighted by atomic mass is 10.1. The molecule has 0 heterocycles. The van der Waals surface area contributed by atoms with Crippen molar-refractivity contribution in [1.29, 1.82) is 0 Å². The Hall–Kier alpha value is -2.16. The van der Waals surface area contributed by atoms with Gasteiger partial charge in [0.25, 0.3) is 0 Å².